The quantitative estimate of drug-likeness (QED) is 0.351. The fourth-order valence-corrected chi connectivity index (χ4v) is 3.67. The molecular weight excluding hydrogens is 366 g/mol. The van der Waals surface area contributed by atoms with E-state index >= 15 is 0 Å². The summed E-state index contributed by atoms with van der Waals surface area (Å²) in [7, 11) is 0. The van der Waals surface area contributed by atoms with Gasteiger partial charge in [0.1, 0.15) is 5.82 Å². The van der Waals surface area contributed by atoms with E-state index in [2.05, 4.69) is 5.32 Å². The lowest BCUT2D eigenvalue weighted by Gasteiger charge is -2.14. The zero-order valence-electron chi connectivity index (χ0n) is 14.4. The number of anilines is 1. The van der Waals surface area contributed by atoms with E-state index in [1.807, 2.05) is 13.8 Å². The molecule has 0 saturated carbocycles. The van der Waals surface area contributed by atoms with Crippen molar-refractivity contribution in [2.24, 2.45) is 0 Å². The summed E-state index contributed by atoms with van der Waals surface area (Å²) in [6.45, 7) is 4.06. The average molecular weight is 385 g/mol. The van der Waals surface area contributed by atoms with Gasteiger partial charge < -0.3 is 5.32 Å². The molecule has 0 aromatic heterocycles. The van der Waals surface area contributed by atoms with E-state index in [1.165, 1.54) is 30.0 Å². The van der Waals surface area contributed by atoms with Crippen LogP contribution >= 0.6 is 11.8 Å². The first-order valence-corrected chi connectivity index (χ1v) is 9.15. The van der Waals surface area contributed by atoms with Gasteiger partial charge in [-0.3, -0.25) is 4.79 Å². The van der Waals surface area contributed by atoms with Crippen LogP contribution < -0.4 is 5.32 Å². The number of benzene rings is 2. The van der Waals surface area contributed by atoms with Crippen LogP contribution in [0.4, 0.5) is 23.2 Å². The summed E-state index contributed by atoms with van der Waals surface area (Å²) in [5.41, 5.74) is -0.0762. The second-order valence-electron chi connectivity index (χ2n) is 5.79. The number of carbonyl (C=O) groups excluding carboxylic acids is 1. The molecule has 0 aliphatic rings. The number of rotatable bonds is 7. The molecule has 140 valence electrons. The molecule has 0 radical (unpaired) electrons. The number of hydrogen-bond acceptors (Lipinski definition) is 2. The predicted molar refractivity (Wildman–Crippen MR) is 95.5 cm³/mol. The Kier molecular flexibility index (Phi) is 7.08. The fourth-order valence-electron chi connectivity index (χ4n) is 2.41. The normalized spacial score (nSPS) is 12.1. The highest BCUT2D eigenvalue weighted by Crippen LogP contribution is 2.31. The van der Waals surface area contributed by atoms with Crippen molar-refractivity contribution in [2.75, 3.05) is 5.32 Å². The molecule has 2 aromatic carbocycles. The molecule has 1 N–H and O–H groups in total. The Hall–Kier alpha value is -2.02. The third kappa shape index (κ3) is 5.00. The molecule has 0 aliphatic heterocycles. The highest BCUT2D eigenvalue weighted by Gasteiger charge is 2.16. The van der Waals surface area contributed by atoms with Gasteiger partial charge in [-0.15, -0.1) is 11.8 Å². The van der Waals surface area contributed by atoms with Crippen LogP contribution in [0.15, 0.2) is 35.2 Å². The SMILES string of the molecule is CCCC(CC)Sc1cc(C(=O)Nc2cc(F)c(F)c(F)c2)ccc1F. The molecule has 0 fully saturated rings. The molecule has 0 aliphatic carbocycles. The number of carbonyl (C=O) groups is 1. The predicted octanol–water partition coefficient (Wildman–Crippen LogP) is 6.17. The summed E-state index contributed by atoms with van der Waals surface area (Å²) < 4.78 is 53.5. The van der Waals surface area contributed by atoms with E-state index in [9.17, 15) is 22.4 Å². The number of thioether (sulfide) groups is 1. The van der Waals surface area contributed by atoms with Gasteiger partial charge in [-0.2, -0.15) is 0 Å². The van der Waals surface area contributed by atoms with Crippen molar-refractivity contribution in [1.82, 2.24) is 0 Å². The van der Waals surface area contributed by atoms with Crippen molar-refractivity contribution in [3.8, 4) is 0 Å². The molecule has 2 nitrogen and oxygen atoms in total. The number of nitrogens with one attached hydrogen (secondary N) is 1. The van der Waals surface area contributed by atoms with Crippen LogP contribution in [0.25, 0.3) is 0 Å². The van der Waals surface area contributed by atoms with Gasteiger partial charge in [0, 0.05) is 33.5 Å². The van der Waals surface area contributed by atoms with Gasteiger partial charge in [-0.1, -0.05) is 20.3 Å². The first-order valence-electron chi connectivity index (χ1n) is 8.27. The van der Waals surface area contributed by atoms with E-state index < -0.39 is 29.2 Å². The smallest absolute Gasteiger partial charge is 0.255 e. The lowest BCUT2D eigenvalue weighted by molar-refractivity contribution is 0.102. The van der Waals surface area contributed by atoms with Crippen molar-refractivity contribution in [1.29, 1.82) is 0 Å². The molecule has 2 rings (SSSR count). The average Bonchev–Trinajstić information content (AvgIpc) is 2.60. The summed E-state index contributed by atoms with van der Waals surface area (Å²) in [5.74, 6) is -5.51. The van der Waals surface area contributed by atoms with Gasteiger partial charge >= 0.3 is 0 Å². The Balaban J connectivity index is 2.20. The van der Waals surface area contributed by atoms with E-state index in [1.54, 1.807) is 0 Å². The number of amides is 1. The van der Waals surface area contributed by atoms with Gasteiger partial charge in [0.25, 0.3) is 5.91 Å². The summed E-state index contributed by atoms with van der Waals surface area (Å²) in [6.07, 6.45) is 2.75. The maximum absolute atomic E-state index is 14.1. The monoisotopic (exact) mass is 385 g/mol. The first-order chi connectivity index (χ1) is 12.3. The van der Waals surface area contributed by atoms with Crippen molar-refractivity contribution < 1.29 is 22.4 Å². The summed E-state index contributed by atoms with van der Waals surface area (Å²) >= 11 is 1.36. The van der Waals surface area contributed by atoms with Crippen LogP contribution in [0.5, 0.6) is 0 Å². The van der Waals surface area contributed by atoms with Gasteiger partial charge in [0.15, 0.2) is 17.5 Å². The lowest BCUT2D eigenvalue weighted by atomic mass is 10.2. The molecule has 7 heteroatoms. The third-order valence-electron chi connectivity index (χ3n) is 3.79. The molecular formula is C19H19F4NOS. The minimum atomic E-state index is -1.61. The van der Waals surface area contributed by atoms with Gasteiger partial charge in [-0.25, -0.2) is 17.6 Å². The molecule has 0 heterocycles. The van der Waals surface area contributed by atoms with Crippen molar-refractivity contribution in [3.05, 3.63) is 59.2 Å². The van der Waals surface area contributed by atoms with Crippen LogP contribution in [-0.4, -0.2) is 11.2 Å². The standard InChI is InChI=1S/C19H19F4NOS/c1-3-5-13(4-2)26-17-8-11(6-7-14(17)20)19(25)24-12-9-15(21)18(23)16(22)10-12/h6-10,13H,3-5H2,1-2H3,(H,24,25). The molecule has 0 spiro atoms. The molecule has 2 aromatic rings. The van der Waals surface area contributed by atoms with E-state index in [0.717, 1.165) is 19.3 Å². The Labute approximate surface area is 154 Å². The lowest BCUT2D eigenvalue weighted by Crippen LogP contribution is -2.13. The largest absolute Gasteiger partial charge is 0.322 e. The Morgan fingerprint density at radius 2 is 1.69 bits per heavy atom. The zero-order chi connectivity index (χ0) is 19.3. The summed E-state index contributed by atoms with van der Waals surface area (Å²) in [6, 6.07) is 5.24. The van der Waals surface area contributed by atoms with Crippen LogP contribution in [0.1, 0.15) is 43.5 Å². The summed E-state index contributed by atoms with van der Waals surface area (Å²) in [5, 5.41) is 2.52. The topological polar surface area (TPSA) is 29.1 Å². The van der Waals surface area contributed by atoms with Gasteiger partial charge in [0.05, 0.1) is 0 Å². The maximum atomic E-state index is 14.1. The van der Waals surface area contributed by atoms with Crippen LogP contribution in [0, 0.1) is 23.3 Å². The minimum absolute atomic E-state index is 0.144. The molecule has 0 bridgehead atoms. The van der Waals surface area contributed by atoms with Gasteiger partial charge in [0.2, 0.25) is 0 Å². The first kappa shape index (κ1) is 20.3. The molecule has 1 atom stereocenters. The van der Waals surface area contributed by atoms with Crippen LogP contribution in [0.2, 0.25) is 0 Å². The maximum Gasteiger partial charge on any atom is 0.255 e. The Morgan fingerprint density at radius 3 is 2.27 bits per heavy atom. The third-order valence-corrected chi connectivity index (χ3v) is 5.26. The number of halogens is 4. The van der Waals surface area contributed by atoms with Crippen molar-refractivity contribution in [2.45, 2.75) is 43.3 Å². The van der Waals surface area contributed by atoms with Crippen LogP contribution in [-0.2, 0) is 0 Å². The summed E-state index contributed by atoms with van der Waals surface area (Å²) in [4.78, 5) is 12.6. The fraction of sp³-hybridized carbons (Fsp3) is 0.316. The van der Waals surface area contributed by atoms with Crippen molar-refractivity contribution >= 4 is 23.4 Å². The highest BCUT2D eigenvalue weighted by atomic mass is 32.2. The molecule has 0 saturated heterocycles. The molecule has 1 unspecified atom stereocenters. The second-order valence-corrected chi connectivity index (χ2v) is 7.13. The number of hydrogen-bond donors (Lipinski definition) is 1. The molecule has 1 amide bonds. The molecule has 26 heavy (non-hydrogen) atoms. The van der Waals surface area contributed by atoms with Gasteiger partial charge in [-0.05, 0) is 31.0 Å². The second kappa shape index (κ2) is 9.07. The van der Waals surface area contributed by atoms with E-state index in [4.69, 9.17) is 0 Å². The van der Waals surface area contributed by atoms with Crippen molar-refractivity contribution in [3.63, 3.8) is 0 Å². The zero-order valence-corrected chi connectivity index (χ0v) is 15.2. The van der Waals surface area contributed by atoms with Crippen LogP contribution in [0.3, 0.4) is 0 Å². The highest BCUT2D eigenvalue weighted by molar-refractivity contribution is 8.00. The van der Waals surface area contributed by atoms with E-state index in [-0.39, 0.29) is 16.5 Å². The Bertz CT molecular complexity index is 774. The van der Waals surface area contributed by atoms with E-state index in [0.29, 0.717) is 17.0 Å². The Morgan fingerprint density at radius 1 is 1.04 bits per heavy atom. The minimum Gasteiger partial charge on any atom is -0.322 e.